The second-order valence-corrected chi connectivity index (χ2v) is 4.56. The summed E-state index contributed by atoms with van der Waals surface area (Å²) in [7, 11) is 1.74. The summed E-state index contributed by atoms with van der Waals surface area (Å²) in [5.41, 5.74) is 0. The summed E-state index contributed by atoms with van der Waals surface area (Å²) >= 11 is 0. The molecule has 1 aliphatic carbocycles. The van der Waals surface area contributed by atoms with E-state index in [1.54, 1.807) is 7.11 Å². The van der Waals surface area contributed by atoms with Crippen LogP contribution in [0.4, 0.5) is 0 Å². The summed E-state index contributed by atoms with van der Waals surface area (Å²) < 4.78 is 5.14. The number of nitrogens with zero attached hydrogens (tertiary/aromatic N) is 2. The highest BCUT2D eigenvalue weighted by molar-refractivity contribution is 4.94. The average molecular weight is 224 g/mol. The molecule has 1 saturated carbocycles. The molecule has 3 nitrogen and oxygen atoms in total. The van der Waals surface area contributed by atoms with Gasteiger partial charge in [-0.25, -0.2) is 0 Å². The van der Waals surface area contributed by atoms with Crippen LogP contribution in [0.5, 0.6) is 0 Å². The number of ether oxygens (including phenoxy) is 1. The molecule has 2 atom stereocenters. The van der Waals surface area contributed by atoms with Gasteiger partial charge in [-0.1, -0.05) is 26.2 Å². The third kappa shape index (κ3) is 3.77. The highest BCUT2D eigenvalue weighted by Crippen LogP contribution is 2.26. The molecular weight excluding hydrogens is 200 g/mol. The van der Waals surface area contributed by atoms with Crippen molar-refractivity contribution in [3.05, 3.63) is 0 Å². The fraction of sp³-hybridized carbons (Fsp3) is 0.923. The number of likely N-dealkylation sites (N-methyl/N-ethyl adjacent to an activating group) is 1. The molecule has 0 heterocycles. The van der Waals surface area contributed by atoms with Crippen molar-refractivity contribution in [2.75, 3.05) is 26.8 Å². The summed E-state index contributed by atoms with van der Waals surface area (Å²) in [6, 6.07) is 2.95. The van der Waals surface area contributed by atoms with Gasteiger partial charge in [-0.3, -0.25) is 4.90 Å². The summed E-state index contributed by atoms with van der Waals surface area (Å²) in [5, 5.41) is 9.25. The molecule has 0 aromatic heterocycles. The van der Waals surface area contributed by atoms with Crippen molar-refractivity contribution in [3.8, 4) is 6.07 Å². The van der Waals surface area contributed by atoms with Gasteiger partial charge in [0, 0.05) is 19.7 Å². The van der Waals surface area contributed by atoms with E-state index in [2.05, 4.69) is 17.9 Å². The molecule has 0 aromatic rings. The normalized spacial score (nSPS) is 26.4. The summed E-state index contributed by atoms with van der Waals surface area (Å²) in [6.07, 6.45) is 6.03. The van der Waals surface area contributed by atoms with Crippen molar-refractivity contribution in [3.63, 3.8) is 0 Å². The maximum atomic E-state index is 9.25. The van der Waals surface area contributed by atoms with E-state index in [0.717, 1.165) is 26.1 Å². The standard InChI is InChI=1S/C13H24N2O/c1-3-15(9-10-16-2)13-8-6-4-5-7-12(13)11-14/h12-13H,3-10H2,1-2H3. The minimum atomic E-state index is 0.222. The fourth-order valence-electron chi connectivity index (χ4n) is 2.64. The smallest absolute Gasteiger partial charge is 0.0672 e. The lowest BCUT2D eigenvalue weighted by atomic mass is 9.95. The number of nitriles is 1. The molecule has 1 rings (SSSR count). The van der Waals surface area contributed by atoms with Crippen LogP contribution in [0.15, 0.2) is 0 Å². The minimum absolute atomic E-state index is 0.222. The Hall–Kier alpha value is -0.590. The van der Waals surface area contributed by atoms with Crippen LogP contribution in [0.25, 0.3) is 0 Å². The molecule has 2 unspecified atom stereocenters. The largest absolute Gasteiger partial charge is 0.383 e. The Balaban J connectivity index is 2.59. The SMILES string of the molecule is CCN(CCOC)C1CCCCCC1C#N. The van der Waals surface area contributed by atoms with E-state index < -0.39 is 0 Å². The van der Waals surface area contributed by atoms with Crippen molar-refractivity contribution in [1.29, 1.82) is 5.26 Å². The lowest BCUT2D eigenvalue weighted by Gasteiger charge is -2.32. The van der Waals surface area contributed by atoms with Crippen LogP contribution < -0.4 is 0 Å². The highest BCUT2D eigenvalue weighted by atomic mass is 16.5. The molecular formula is C13H24N2O. The van der Waals surface area contributed by atoms with Crippen LogP contribution in [-0.2, 0) is 4.74 Å². The first kappa shape index (κ1) is 13.5. The van der Waals surface area contributed by atoms with Crippen LogP contribution in [-0.4, -0.2) is 37.7 Å². The topological polar surface area (TPSA) is 36.3 Å². The van der Waals surface area contributed by atoms with Gasteiger partial charge in [-0.05, 0) is 19.4 Å². The Kier molecular flexibility index (Phi) is 6.44. The maximum Gasteiger partial charge on any atom is 0.0672 e. The van der Waals surface area contributed by atoms with Crippen molar-refractivity contribution in [2.24, 2.45) is 5.92 Å². The second-order valence-electron chi connectivity index (χ2n) is 4.56. The molecule has 92 valence electrons. The molecule has 0 saturated heterocycles. The van der Waals surface area contributed by atoms with Gasteiger partial charge in [0.1, 0.15) is 0 Å². The van der Waals surface area contributed by atoms with Crippen LogP contribution in [0, 0.1) is 17.2 Å². The van der Waals surface area contributed by atoms with Crippen LogP contribution >= 0.6 is 0 Å². The molecule has 16 heavy (non-hydrogen) atoms. The van der Waals surface area contributed by atoms with Crippen molar-refractivity contribution in [2.45, 2.75) is 45.1 Å². The van der Waals surface area contributed by atoms with Crippen LogP contribution in [0.1, 0.15) is 39.0 Å². The summed E-state index contributed by atoms with van der Waals surface area (Å²) in [4.78, 5) is 2.42. The van der Waals surface area contributed by atoms with Crippen molar-refractivity contribution in [1.82, 2.24) is 4.90 Å². The summed E-state index contributed by atoms with van der Waals surface area (Å²) in [5.74, 6) is 0.222. The maximum absolute atomic E-state index is 9.25. The molecule has 0 spiro atoms. The van der Waals surface area contributed by atoms with Gasteiger partial charge in [0.05, 0.1) is 18.6 Å². The predicted molar refractivity (Wildman–Crippen MR) is 65.1 cm³/mol. The van der Waals surface area contributed by atoms with E-state index in [9.17, 15) is 5.26 Å². The molecule has 0 N–H and O–H groups in total. The lowest BCUT2D eigenvalue weighted by Crippen LogP contribution is -2.41. The molecule has 0 aliphatic heterocycles. The second kappa shape index (κ2) is 7.65. The molecule has 0 radical (unpaired) electrons. The molecule has 1 fully saturated rings. The van der Waals surface area contributed by atoms with Gasteiger partial charge < -0.3 is 4.74 Å². The Morgan fingerprint density at radius 2 is 2.06 bits per heavy atom. The zero-order valence-corrected chi connectivity index (χ0v) is 10.6. The average Bonchev–Trinajstić information content (AvgIpc) is 2.55. The zero-order chi connectivity index (χ0) is 11.8. The Labute approximate surface area is 99.4 Å². The third-order valence-corrected chi connectivity index (χ3v) is 3.60. The number of methoxy groups -OCH3 is 1. The first-order chi connectivity index (χ1) is 7.83. The van der Waals surface area contributed by atoms with Gasteiger partial charge in [0.15, 0.2) is 0 Å². The van der Waals surface area contributed by atoms with E-state index >= 15 is 0 Å². The molecule has 0 amide bonds. The first-order valence-electron chi connectivity index (χ1n) is 6.46. The van der Waals surface area contributed by atoms with Crippen molar-refractivity contribution >= 4 is 0 Å². The van der Waals surface area contributed by atoms with E-state index in [1.165, 1.54) is 25.7 Å². The number of hydrogen-bond acceptors (Lipinski definition) is 3. The van der Waals surface area contributed by atoms with Gasteiger partial charge >= 0.3 is 0 Å². The van der Waals surface area contributed by atoms with Gasteiger partial charge in [-0.15, -0.1) is 0 Å². The highest BCUT2D eigenvalue weighted by Gasteiger charge is 2.27. The Morgan fingerprint density at radius 1 is 1.31 bits per heavy atom. The monoisotopic (exact) mass is 224 g/mol. The molecule has 1 aliphatic rings. The third-order valence-electron chi connectivity index (χ3n) is 3.60. The first-order valence-corrected chi connectivity index (χ1v) is 6.46. The lowest BCUT2D eigenvalue weighted by molar-refractivity contribution is 0.104. The molecule has 0 aromatic carbocycles. The molecule has 3 heteroatoms. The summed E-state index contributed by atoms with van der Waals surface area (Å²) in [6.45, 7) is 4.92. The van der Waals surface area contributed by atoms with Crippen LogP contribution in [0.3, 0.4) is 0 Å². The molecule has 0 bridgehead atoms. The van der Waals surface area contributed by atoms with Crippen LogP contribution in [0.2, 0.25) is 0 Å². The van der Waals surface area contributed by atoms with Gasteiger partial charge in [0.2, 0.25) is 0 Å². The van der Waals surface area contributed by atoms with Crippen molar-refractivity contribution < 1.29 is 4.74 Å². The predicted octanol–water partition coefficient (Wildman–Crippen LogP) is 2.43. The van der Waals surface area contributed by atoms with E-state index in [4.69, 9.17) is 4.74 Å². The Bertz CT molecular complexity index is 224. The zero-order valence-electron chi connectivity index (χ0n) is 10.6. The fourth-order valence-corrected chi connectivity index (χ4v) is 2.64. The van der Waals surface area contributed by atoms with Gasteiger partial charge in [0.25, 0.3) is 0 Å². The van der Waals surface area contributed by atoms with E-state index in [1.807, 2.05) is 0 Å². The quantitative estimate of drug-likeness (QED) is 0.673. The Morgan fingerprint density at radius 3 is 2.69 bits per heavy atom. The van der Waals surface area contributed by atoms with E-state index in [0.29, 0.717) is 6.04 Å². The minimum Gasteiger partial charge on any atom is -0.383 e. The van der Waals surface area contributed by atoms with E-state index in [-0.39, 0.29) is 5.92 Å². The number of hydrogen-bond donors (Lipinski definition) is 0. The number of rotatable bonds is 5. The van der Waals surface area contributed by atoms with Gasteiger partial charge in [-0.2, -0.15) is 5.26 Å².